The second-order valence-corrected chi connectivity index (χ2v) is 5.49. The fourth-order valence-corrected chi connectivity index (χ4v) is 1.91. The lowest BCUT2D eigenvalue weighted by Gasteiger charge is -2.23. The van der Waals surface area contributed by atoms with Crippen LogP contribution >= 0.6 is 0 Å². The summed E-state index contributed by atoms with van der Waals surface area (Å²) in [6.07, 6.45) is 1.90. The number of aromatic nitrogens is 2. The van der Waals surface area contributed by atoms with Crippen LogP contribution < -0.4 is 10.6 Å². The van der Waals surface area contributed by atoms with Crippen molar-refractivity contribution >= 4 is 11.6 Å². The molecule has 1 rings (SSSR count). The van der Waals surface area contributed by atoms with Crippen LogP contribution in [0.3, 0.4) is 0 Å². The van der Waals surface area contributed by atoms with Gasteiger partial charge in [-0.05, 0) is 19.3 Å². The van der Waals surface area contributed by atoms with Gasteiger partial charge in [-0.2, -0.15) is 0 Å². The van der Waals surface area contributed by atoms with Crippen molar-refractivity contribution in [3.8, 4) is 0 Å². The van der Waals surface area contributed by atoms with E-state index in [4.69, 9.17) is 4.74 Å². The molecular weight excluding hydrogens is 264 g/mol. The van der Waals surface area contributed by atoms with Crippen LogP contribution in [-0.4, -0.2) is 35.8 Å². The summed E-state index contributed by atoms with van der Waals surface area (Å²) in [7, 11) is 0. The molecule has 120 valence electrons. The van der Waals surface area contributed by atoms with E-state index in [1.54, 1.807) is 0 Å². The fourth-order valence-electron chi connectivity index (χ4n) is 1.91. The van der Waals surface area contributed by atoms with Crippen LogP contribution in [0.5, 0.6) is 0 Å². The summed E-state index contributed by atoms with van der Waals surface area (Å²) in [6.45, 7) is 13.0. The van der Waals surface area contributed by atoms with Gasteiger partial charge in [0, 0.05) is 25.6 Å². The molecule has 0 aliphatic heterocycles. The van der Waals surface area contributed by atoms with Gasteiger partial charge in [0.1, 0.15) is 17.5 Å². The molecule has 0 saturated carbocycles. The number of nitrogens with zero attached hydrogens (tertiary/aromatic N) is 2. The molecule has 0 saturated heterocycles. The maximum Gasteiger partial charge on any atom is 0.132 e. The molecule has 1 aromatic rings. The molecule has 5 heteroatoms. The van der Waals surface area contributed by atoms with Crippen LogP contribution in [-0.2, 0) is 11.2 Å². The van der Waals surface area contributed by atoms with Crippen molar-refractivity contribution in [1.82, 2.24) is 9.97 Å². The Hall–Kier alpha value is -1.36. The first-order valence-corrected chi connectivity index (χ1v) is 8.06. The standard InChI is InChI=1S/C16H30N4O/c1-6-9-17-15-10-16(20-14(7-2)19-15)18-13(12(4)5)11-21-8-3/h10,12-13H,6-9,11H2,1-5H3,(H2,17,18,19,20). The molecule has 1 aromatic heterocycles. The molecule has 21 heavy (non-hydrogen) atoms. The Bertz CT molecular complexity index is 409. The summed E-state index contributed by atoms with van der Waals surface area (Å²) >= 11 is 0. The molecule has 0 aliphatic carbocycles. The van der Waals surface area contributed by atoms with Crippen molar-refractivity contribution in [2.45, 2.75) is 53.5 Å². The largest absolute Gasteiger partial charge is 0.380 e. The van der Waals surface area contributed by atoms with E-state index in [9.17, 15) is 0 Å². The molecule has 0 aliphatic rings. The Morgan fingerprint density at radius 2 is 1.86 bits per heavy atom. The van der Waals surface area contributed by atoms with Crippen LogP contribution in [0.1, 0.15) is 46.9 Å². The van der Waals surface area contributed by atoms with Crippen LogP contribution in [0.25, 0.3) is 0 Å². The average molecular weight is 294 g/mol. The topological polar surface area (TPSA) is 59.1 Å². The number of hydrogen-bond acceptors (Lipinski definition) is 5. The minimum absolute atomic E-state index is 0.253. The number of anilines is 2. The van der Waals surface area contributed by atoms with Gasteiger partial charge >= 0.3 is 0 Å². The van der Waals surface area contributed by atoms with Crippen LogP contribution in [0, 0.1) is 5.92 Å². The number of nitrogens with one attached hydrogen (secondary N) is 2. The van der Waals surface area contributed by atoms with Gasteiger partial charge in [-0.3, -0.25) is 0 Å². The first kappa shape index (κ1) is 17.7. The van der Waals surface area contributed by atoms with Crippen molar-refractivity contribution < 1.29 is 4.74 Å². The van der Waals surface area contributed by atoms with E-state index in [1.165, 1.54) is 0 Å². The molecule has 0 fully saturated rings. The molecule has 5 nitrogen and oxygen atoms in total. The summed E-state index contributed by atoms with van der Waals surface area (Å²) in [5.74, 6) is 3.10. The van der Waals surface area contributed by atoms with Crippen molar-refractivity contribution in [2.24, 2.45) is 5.92 Å². The van der Waals surface area contributed by atoms with E-state index in [2.05, 4.69) is 48.3 Å². The SMILES string of the molecule is CCCNc1cc(NC(COCC)C(C)C)nc(CC)n1. The second kappa shape index (κ2) is 9.55. The zero-order chi connectivity index (χ0) is 15.7. The Kier molecular flexibility index (Phi) is 8.05. The Morgan fingerprint density at radius 1 is 1.14 bits per heavy atom. The predicted octanol–water partition coefficient (Wildman–Crippen LogP) is 3.33. The predicted molar refractivity (Wildman–Crippen MR) is 88.9 cm³/mol. The third-order valence-corrected chi connectivity index (χ3v) is 3.28. The lowest BCUT2D eigenvalue weighted by atomic mass is 10.1. The smallest absolute Gasteiger partial charge is 0.132 e. The molecule has 1 heterocycles. The molecule has 0 aromatic carbocycles. The summed E-state index contributed by atoms with van der Waals surface area (Å²) in [6, 6.07) is 2.24. The van der Waals surface area contributed by atoms with Gasteiger partial charge in [0.15, 0.2) is 0 Å². The number of rotatable bonds is 10. The van der Waals surface area contributed by atoms with E-state index in [-0.39, 0.29) is 6.04 Å². The average Bonchev–Trinajstić information content (AvgIpc) is 2.48. The maximum absolute atomic E-state index is 5.56. The highest BCUT2D eigenvalue weighted by atomic mass is 16.5. The molecule has 0 bridgehead atoms. The zero-order valence-electron chi connectivity index (χ0n) is 14.1. The van der Waals surface area contributed by atoms with Crippen molar-refractivity contribution in [3.05, 3.63) is 11.9 Å². The highest BCUT2D eigenvalue weighted by Crippen LogP contribution is 2.16. The maximum atomic E-state index is 5.56. The van der Waals surface area contributed by atoms with E-state index < -0.39 is 0 Å². The molecular formula is C16H30N4O. The zero-order valence-corrected chi connectivity index (χ0v) is 14.1. The van der Waals surface area contributed by atoms with Gasteiger partial charge in [-0.1, -0.05) is 27.7 Å². The molecule has 0 radical (unpaired) electrons. The third-order valence-electron chi connectivity index (χ3n) is 3.28. The van der Waals surface area contributed by atoms with Crippen LogP contribution in [0.4, 0.5) is 11.6 Å². The van der Waals surface area contributed by atoms with Gasteiger partial charge in [0.2, 0.25) is 0 Å². The molecule has 0 spiro atoms. The first-order valence-electron chi connectivity index (χ1n) is 8.06. The Morgan fingerprint density at radius 3 is 2.43 bits per heavy atom. The third kappa shape index (κ3) is 6.29. The number of ether oxygens (including phenoxy) is 1. The first-order chi connectivity index (χ1) is 10.1. The van der Waals surface area contributed by atoms with Gasteiger partial charge in [0.05, 0.1) is 12.6 Å². The number of aryl methyl sites for hydroxylation is 1. The lowest BCUT2D eigenvalue weighted by Crippen LogP contribution is -2.31. The quantitative estimate of drug-likeness (QED) is 0.693. The van der Waals surface area contributed by atoms with E-state index in [0.717, 1.165) is 43.5 Å². The van der Waals surface area contributed by atoms with Crippen LogP contribution in [0.15, 0.2) is 6.07 Å². The van der Waals surface area contributed by atoms with Gasteiger partial charge < -0.3 is 15.4 Å². The van der Waals surface area contributed by atoms with Crippen molar-refractivity contribution in [2.75, 3.05) is 30.4 Å². The van der Waals surface area contributed by atoms with Crippen molar-refractivity contribution in [3.63, 3.8) is 0 Å². The Balaban J connectivity index is 2.83. The molecule has 2 N–H and O–H groups in total. The monoisotopic (exact) mass is 294 g/mol. The van der Waals surface area contributed by atoms with E-state index >= 15 is 0 Å². The van der Waals surface area contributed by atoms with Gasteiger partial charge in [-0.15, -0.1) is 0 Å². The summed E-state index contributed by atoms with van der Waals surface area (Å²) in [4.78, 5) is 9.08. The van der Waals surface area contributed by atoms with E-state index in [0.29, 0.717) is 12.5 Å². The minimum Gasteiger partial charge on any atom is -0.380 e. The van der Waals surface area contributed by atoms with Crippen LogP contribution in [0.2, 0.25) is 0 Å². The fraction of sp³-hybridized carbons (Fsp3) is 0.750. The summed E-state index contributed by atoms with van der Waals surface area (Å²) in [5.41, 5.74) is 0. The molecule has 1 atom stereocenters. The normalized spacial score (nSPS) is 12.5. The minimum atomic E-state index is 0.253. The highest BCUT2D eigenvalue weighted by molar-refractivity contribution is 5.48. The molecule has 0 amide bonds. The Labute approximate surface area is 128 Å². The molecule has 1 unspecified atom stereocenters. The van der Waals surface area contributed by atoms with Gasteiger partial charge in [-0.25, -0.2) is 9.97 Å². The second-order valence-electron chi connectivity index (χ2n) is 5.49. The highest BCUT2D eigenvalue weighted by Gasteiger charge is 2.15. The summed E-state index contributed by atoms with van der Waals surface area (Å²) < 4.78 is 5.56. The number of hydrogen-bond donors (Lipinski definition) is 2. The summed E-state index contributed by atoms with van der Waals surface area (Å²) in [5, 5.41) is 6.82. The lowest BCUT2D eigenvalue weighted by molar-refractivity contribution is 0.126. The van der Waals surface area contributed by atoms with E-state index in [1.807, 2.05) is 13.0 Å². The van der Waals surface area contributed by atoms with Crippen molar-refractivity contribution in [1.29, 1.82) is 0 Å². The van der Waals surface area contributed by atoms with Gasteiger partial charge in [0.25, 0.3) is 0 Å².